The van der Waals surface area contributed by atoms with E-state index in [1.165, 1.54) is 0 Å². The molecule has 3 aromatic carbocycles. The van der Waals surface area contributed by atoms with E-state index in [9.17, 15) is 9.59 Å². The van der Waals surface area contributed by atoms with Gasteiger partial charge in [-0.05, 0) is 48.0 Å². The van der Waals surface area contributed by atoms with Crippen LogP contribution in [0.1, 0.15) is 15.9 Å². The first kappa shape index (κ1) is 19.3. The quantitative estimate of drug-likeness (QED) is 0.488. The van der Waals surface area contributed by atoms with Crippen LogP contribution in [0.3, 0.4) is 0 Å². The van der Waals surface area contributed by atoms with Gasteiger partial charge in [0.15, 0.2) is 0 Å². The summed E-state index contributed by atoms with van der Waals surface area (Å²) in [6.45, 7) is 0.513. The predicted molar refractivity (Wildman–Crippen MR) is 113 cm³/mol. The van der Waals surface area contributed by atoms with Crippen molar-refractivity contribution in [1.82, 2.24) is 0 Å². The van der Waals surface area contributed by atoms with Crippen LogP contribution in [0.15, 0.2) is 72.8 Å². The van der Waals surface area contributed by atoms with Crippen molar-refractivity contribution in [2.24, 2.45) is 5.73 Å². The van der Waals surface area contributed by atoms with Gasteiger partial charge in [0.05, 0.1) is 5.56 Å². The maximum atomic E-state index is 12.1. The zero-order valence-electron chi connectivity index (χ0n) is 14.9. The lowest BCUT2D eigenvalue weighted by Gasteiger charge is -2.11. The van der Waals surface area contributed by atoms with Gasteiger partial charge in [-0.15, -0.1) is 0 Å². The van der Waals surface area contributed by atoms with E-state index < -0.39 is 5.91 Å². The van der Waals surface area contributed by atoms with Gasteiger partial charge in [-0.2, -0.15) is 0 Å². The van der Waals surface area contributed by atoms with Crippen LogP contribution in [0.25, 0.3) is 0 Å². The molecule has 0 saturated heterocycles. The molecule has 0 atom stereocenters. The van der Waals surface area contributed by atoms with Gasteiger partial charge in [-0.25, -0.2) is 4.79 Å². The number of rotatable bonds is 6. The van der Waals surface area contributed by atoms with Crippen molar-refractivity contribution in [3.8, 4) is 0 Å². The maximum absolute atomic E-state index is 12.1. The van der Waals surface area contributed by atoms with Crippen LogP contribution < -0.4 is 21.7 Å². The van der Waals surface area contributed by atoms with Crippen molar-refractivity contribution in [2.45, 2.75) is 6.54 Å². The highest BCUT2D eigenvalue weighted by molar-refractivity contribution is 6.30. The first-order valence-electron chi connectivity index (χ1n) is 8.56. The van der Waals surface area contributed by atoms with Crippen molar-refractivity contribution < 1.29 is 9.59 Å². The van der Waals surface area contributed by atoms with Gasteiger partial charge >= 0.3 is 6.03 Å². The third kappa shape index (κ3) is 5.25. The number of hydrogen-bond acceptors (Lipinski definition) is 3. The van der Waals surface area contributed by atoms with E-state index in [2.05, 4.69) is 16.0 Å². The molecule has 0 heterocycles. The van der Waals surface area contributed by atoms with E-state index in [1.807, 2.05) is 18.2 Å². The van der Waals surface area contributed by atoms with Crippen LogP contribution in [-0.2, 0) is 6.54 Å². The molecule has 5 N–H and O–H groups in total. The van der Waals surface area contributed by atoms with Gasteiger partial charge in [0.25, 0.3) is 5.91 Å². The Morgan fingerprint density at radius 1 is 0.857 bits per heavy atom. The number of carbonyl (C=O) groups is 2. The summed E-state index contributed by atoms with van der Waals surface area (Å²) in [5.74, 6) is -0.478. The maximum Gasteiger partial charge on any atom is 0.323 e. The molecule has 3 rings (SSSR count). The van der Waals surface area contributed by atoms with E-state index >= 15 is 0 Å². The molecule has 0 fully saturated rings. The summed E-state index contributed by atoms with van der Waals surface area (Å²) >= 11 is 5.90. The van der Waals surface area contributed by atoms with Crippen molar-refractivity contribution in [1.29, 1.82) is 0 Å². The van der Waals surface area contributed by atoms with E-state index in [0.29, 0.717) is 34.2 Å². The summed E-state index contributed by atoms with van der Waals surface area (Å²) in [5, 5.41) is 9.22. The van der Waals surface area contributed by atoms with Crippen molar-refractivity contribution in [3.05, 3.63) is 88.9 Å². The largest absolute Gasteiger partial charge is 0.380 e. The number of anilines is 3. The van der Waals surface area contributed by atoms with E-state index in [0.717, 1.165) is 5.56 Å². The summed E-state index contributed by atoms with van der Waals surface area (Å²) < 4.78 is 0. The molecule has 6 nitrogen and oxygen atoms in total. The van der Waals surface area contributed by atoms with Crippen LogP contribution >= 0.6 is 11.6 Å². The van der Waals surface area contributed by atoms with Crippen LogP contribution in [0.5, 0.6) is 0 Å². The Balaban J connectivity index is 1.56. The number of carbonyl (C=O) groups excluding carboxylic acids is 2. The minimum Gasteiger partial charge on any atom is -0.380 e. The molecule has 7 heteroatoms. The van der Waals surface area contributed by atoms with Crippen molar-refractivity contribution in [3.63, 3.8) is 0 Å². The second kappa shape index (κ2) is 8.92. The zero-order valence-corrected chi connectivity index (χ0v) is 15.7. The summed E-state index contributed by atoms with van der Waals surface area (Å²) in [4.78, 5) is 23.5. The van der Waals surface area contributed by atoms with Crippen LogP contribution in [0.4, 0.5) is 21.9 Å². The molecule has 0 aliphatic heterocycles. The zero-order chi connectivity index (χ0) is 19.9. The highest BCUT2D eigenvalue weighted by atomic mass is 35.5. The van der Waals surface area contributed by atoms with Gasteiger partial charge in [0.1, 0.15) is 0 Å². The summed E-state index contributed by atoms with van der Waals surface area (Å²) in [7, 11) is 0. The molecule has 0 unspecified atom stereocenters. The fourth-order valence-electron chi connectivity index (χ4n) is 2.62. The Labute approximate surface area is 167 Å². The van der Waals surface area contributed by atoms with Gasteiger partial charge in [-0.1, -0.05) is 41.9 Å². The average Bonchev–Trinajstić information content (AvgIpc) is 2.67. The number of nitrogens with one attached hydrogen (secondary N) is 3. The van der Waals surface area contributed by atoms with Crippen molar-refractivity contribution >= 4 is 40.6 Å². The molecule has 3 amide bonds. The number of amides is 3. The molecule has 0 aliphatic rings. The number of urea groups is 1. The van der Waals surface area contributed by atoms with Crippen molar-refractivity contribution in [2.75, 3.05) is 16.0 Å². The number of halogens is 1. The first-order valence-corrected chi connectivity index (χ1v) is 8.94. The molecule has 3 aromatic rings. The third-order valence-electron chi connectivity index (χ3n) is 3.97. The minimum atomic E-state index is -0.478. The number of benzene rings is 3. The van der Waals surface area contributed by atoms with Gasteiger partial charge in [0.2, 0.25) is 0 Å². The Bertz CT molecular complexity index is 990. The van der Waals surface area contributed by atoms with Crippen LogP contribution in [0, 0.1) is 0 Å². The highest BCUT2D eigenvalue weighted by Crippen LogP contribution is 2.18. The number of para-hydroxylation sites is 1. The standard InChI is InChI=1S/C21H19ClN4O2/c22-15-4-3-5-17(12-15)26-21(28)25-16-10-8-14(9-11-16)13-24-19-7-2-1-6-18(19)20(23)27/h1-12,24H,13H2,(H2,23,27)(H2,25,26,28). The monoisotopic (exact) mass is 394 g/mol. The minimum absolute atomic E-state index is 0.358. The summed E-state index contributed by atoms with van der Waals surface area (Å²) in [5.41, 5.74) is 8.75. The average molecular weight is 395 g/mol. The number of nitrogens with two attached hydrogens (primary N) is 1. The Morgan fingerprint density at radius 3 is 2.29 bits per heavy atom. The van der Waals surface area contributed by atoms with E-state index in [-0.39, 0.29) is 6.03 Å². The normalized spacial score (nSPS) is 10.2. The van der Waals surface area contributed by atoms with E-state index in [1.54, 1.807) is 54.6 Å². The Morgan fingerprint density at radius 2 is 1.57 bits per heavy atom. The molecule has 28 heavy (non-hydrogen) atoms. The lowest BCUT2D eigenvalue weighted by molar-refractivity contribution is 0.100. The fraction of sp³-hybridized carbons (Fsp3) is 0.0476. The lowest BCUT2D eigenvalue weighted by atomic mass is 10.1. The summed E-state index contributed by atoms with van der Waals surface area (Å²) in [6.07, 6.45) is 0. The highest BCUT2D eigenvalue weighted by Gasteiger charge is 2.07. The van der Waals surface area contributed by atoms with Crippen LogP contribution in [-0.4, -0.2) is 11.9 Å². The van der Waals surface area contributed by atoms with Gasteiger partial charge in [0, 0.05) is 28.6 Å². The molecule has 0 aliphatic carbocycles. The molecular formula is C21H19ClN4O2. The smallest absolute Gasteiger partial charge is 0.323 e. The second-order valence-corrected chi connectivity index (χ2v) is 6.49. The number of primary amides is 1. The SMILES string of the molecule is NC(=O)c1ccccc1NCc1ccc(NC(=O)Nc2cccc(Cl)c2)cc1. The molecule has 0 saturated carbocycles. The van der Waals surface area contributed by atoms with Gasteiger partial charge < -0.3 is 21.7 Å². The predicted octanol–water partition coefficient (Wildman–Crippen LogP) is 4.70. The second-order valence-electron chi connectivity index (χ2n) is 6.05. The molecular weight excluding hydrogens is 376 g/mol. The topological polar surface area (TPSA) is 96.2 Å². The van der Waals surface area contributed by atoms with Crippen LogP contribution in [0.2, 0.25) is 5.02 Å². The number of hydrogen-bond donors (Lipinski definition) is 4. The lowest BCUT2D eigenvalue weighted by Crippen LogP contribution is -2.19. The Kier molecular flexibility index (Phi) is 6.14. The summed E-state index contributed by atoms with van der Waals surface area (Å²) in [6, 6.07) is 21.0. The molecule has 142 valence electrons. The van der Waals surface area contributed by atoms with E-state index in [4.69, 9.17) is 17.3 Å². The van der Waals surface area contributed by atoms with Gasteiger partial charge in [-0.3, -0.25) is 4.79 Å². The molecule has 0 radical (unpaired) electrons. The molecule has 0 bridgehead atoms. The third-order valence-corrected chi connectivity index (χ3v) is 4.20. The molecule has 0 spiro atoms. The molecule has 0 aromatic heterocycles. The fourth-order valence-corrected chi connectivity index (χ4v) is 2.81. The first-order chi connectivity index (χ1) is 13.5. The Hall–Kier alpha value is -3.51.